The third-order valence-corrected chi connectivity index (χ3v) is 2.89. The van der Waals surface area contributed by atoms with Gasteiger partial charge in [-0.1, -0.05) is 18.2 Å². The Morgan fingerprint density at radius 2 is 2.08 bits per heavy atom. The SMILES string of the molecule is O=S1(=O)Cc2ccccc2NC=N1. The van der Waals surface area contributed by atoms with Gasteiger partial charge in [-0.3, -0.25) is 0 Å². The highest BCUT2D eigenvalue weighted by Crippen LogP contribution is 2.19. The van der Waals surface area contributed by atoms with Crippen molar-refractivity contribution in [2.75, 3.05) is 5.32 Å². The van der Waals surface area contributed by atoms with E-state index >= 15 is 0 Å². The molecule has 1 aliphatic heterocycles. The molecule has 2 rings (SSSR count). The predicted octanol–water partition coefficient (Wildman–Crippen LogP) is 0.970. The van der Waals surface area contributed by atoms with Crippen molar-refractivity contribution in [2.45, 2.75) is 5.75 Å². The second-order valence-corrected chi connectivity index (χ2v) is 4.43. The smallest absolute Gasteiger partial charge is 0.258 e. The summed E-state index contributed by atoms with van der Waals surface area (Å²) in [6.07, 6.45) is 1.21. The summed E-state index contributed by atoms with van der Waals surface area (Å²) < 4.78 is 25.8. The van der Waals surface area contributed by atoms with Crippen molar-refractivity contribution in [1.82, 2.24) is 0 Å². The molecule has 0 spiro atoms. The standard InChI is InChI=1S/C8H8N2O2S/c11-13(12)5-7-3-1-2-4-8(7)9-6-10-13/h1-4,6H,5H2,(H,9,10). The van der Waals surface area contributed by atoms with E-state index in [1.54, 1.807) is 12.1 Å². The van der Waals surface area contributed by atoms with Gasteiger partial charge in [-0.05, 0) is 11.6 Å². The zero-order valence-corrected chi connectivity index (χ0v) is 7.58. The number of rotatable bonds is 0. The summed E-state index contributed by atoms with van der Waals surface area (Å²) in [6.45, 7) is 0. The van der Waals surface area contributed by atoms with Gasteiger partial charge in [0, 0.05) is 5.69 Å². The fourth-order valence-corrected chi connectivity index (χ4v) is 2.13. The maximum Gasteiger partial charge on any atom is 0.258 e. The third kappa shape index (κ3) is 1.70. The summed E-state index contributed by atoms with van der Waals surface area (Å²) in [6, 6.07) is 7.25. The number of nitrogens with zero attached hydrogens (tertiary/aromatic N) is 1. The van der Waals surface area contributed by atoms with Crippen LogP contribution in [0, 0.1) is 0 Å². The van der Waals surface area contributed by atoms with Gasteiger partial charge in [0.2, 0.25) is 0 Å². The topological polar surface area (TPSA) is 58.5 Å². The summed E-state index contributed by atoms with van der Waals surface area (Å²) in [4.78, 5) is 0. The average molecular weight is 196 g/mol. The quantitative estimate of drug-likeness (QED) is 0.672. The van der Waals surface area contributed by atoms with Crippen LogP contribution in [0.25, 0.3) is 0 Å². The van der Waals surface area contributed by atoms with Gasteiger partial charge in [-0.15, -0.1) is 0 Å². The van der Waals surface area contributed by atoms with E-state index in [4.69, 9.17) is 0 Å². The van der Waals surface area contributed by atoms with Gasteiger partial charge < -0.3 is 5.32 Å². The van der Waals surface area contributed by atoms with E-state index in [1.807, 2.05) is 12.1 Å². The van der Waals surface area contributed by atoms with Gasteiger partial charge in [0.25, 0.3) is 10.0 Å². The molecule has 1 heterocycles. The molecule has 0 aromatic heterocycles. The maximum absolute atomic E-state index is 11.2. The fraction of sp³-hybridized carbons (Fsp3) is 0.125. The zero-order chi connectivity index (χ0) is 9.31. The van der Waals surface area contributed by atoms with Crippen molar-refractivity contribution in [1.29, 1.82) is 0 Å². The molecular weight excluding hydrogens is 188 g/mol. The molecule has 0 aliphatic carbocycles. The van der Waals surface area contributed by atoms with Crippen LogP contribution in [-0.2, 0) is 15.8 Å². The van der Waals surface area contributed by atoms with Crippen LogP contribution in [0.3, 0.4) is 0 Å². The van der Waals surface area contributed by atoms with E-state index < -0.39 is 10.0 Å². The summed E-state index contributed by atoms with van der Waals surface area (Å²) in [5.41, 5.74) is 1.55. The molecule has 0 saturated heterocycles. The summed E-state index contributed by atoms with van der Waals surface area (Å²) in [7, 11) is -3.33. The van der Waals surface area contributed by atoms with Crippen LogP contribution in [0.2, 0.25) is 0 Å². The Kier molecular flexibility index (Phi) is 1.81. The third-order valence-electron chi connectivity index (χ3n) is 1.79. The van der Waals surface area contributed by atoms with Crippen molar-refractivity contribution in [3.8, 4) is 0 Å². The van der Waals surface area contributed by atoms with E-state index in [-0.39, 0.29) is 5.75 Å². The molecule has 1 aromatic rings. The van der Waals surface area contributed by atoms with Crippen LogP contribution in [0.4, 0.5) is 5.69 Å². The van der Waals surface area contributed by atoms with Crippen LogP contribution in [0.5, 0.6) is 0 Å². The highest BCUT2D eigenvalue weighted by molar-refractivity contribution is 7.89. The van der Waals surface area contributed by atoms with E-state index in [2.05, 4.69) is 9.71 Å². The molecule has 1 N–H and O–H groups in total. The molecule has 0 fully saturated rings. The Morgan fingerprint density at radius 3 is 2.92 bits per heavy atom. The number of hydrogen-bond acceptors (Lipinski definition) is 3. The Hall–Kier alpha value is -1.36. The maximum atomic E-state index is 11.2. The molecule has 0 amide bonds. The van der Waals surface area contributed by atoms with Crippen LogP contribution in [0.1, 0.15) is 5.56 Å². The number of hydrogen-bond donors (Lipinski definition) is 1. The summed E-state index contributed by atoms with van der Waals surface area (Å²) in [5.74, 6) is -0.0350. The van der Waals surface area contributed by atoms with Crippen molar-refractivity contribution in [2.24, 2.45) is 4.40 Å². The van der Waals surface area contributed by atoms with Crippen molar-refractivity contribution < 1.29 is 8.42 Å². The zero-order valence-electron chi connectivity index (χ0n) is 6.77. The predicted molar refractivity (Wildman–Crippen MR) is 51.2 cm³/mol. The first-order valence-corrected chi connectivity index (χ1v) is 5.39. The molecule has 0 bridgehead atoms. The Morgan fingerprint density at radius 1 is 1.31 bits per heavy atom. The van der Waals surface area contributed by atoms with Crippen molar-refractivity contribution >= 4 is 22.0 Å². The first-order valence-electron chi connectivity index (χ1n) is 3.78. The van der Waals surface area contributed by atoms with Gasteiger partial charge in [0.1, 0.15) is 6.34 Å². The number of nitrogens with one attached hydrogen (secondary N) is 1. The molecular formula is C8H8N2O2S. The lowest BCUT2D eigenvalue weighted by Crippen LogP contribution is -1.98. The monoisotopic (exact) mass is 196 g/mol. The van der Waals surface area contributed by atoms with Gasteiger partial charge in [0.05, 0.1) is 5.75 Å². The number of fused-ring (bicyclic) bond motifs is 1. The Bertz CT molecular complexity index is 451. The molecule has 1 aliphatic rings. The number of anilines is 1. The van der Waals surface area contributed by atoms with Crippen molar-refractivity contribution in [3.63, 3.8) is 0 Å². The van der Waals surface area contributed by atoms with Crippen LogP contribution >= 0.6 is 0 Å². The van der Waals surface area contributed by atoms with E-state index in [9.17, 15) is 8.42 Å². The highest BCUT2D eigenvalue weighted by Gasteiger charge is 2.14. The normalized spacial score (nSPS) is 18.5. The van der Waals surface area contributed by atoms with Gasteiger partial charge in [0.15, 0.2) is 0 Å². The van der Waals surface area contributed by atoms with Crippen molar-refractivity contribution in [3.05, 3.63) is 29.8 Å². The molecule has 5 heteroatoms. The summed E-state index contributed by atoms with van der Waals surface area (Å²) in [5, 5.41) is 2.81. The number of para-hydroxylation sites is 1. The first kappa shape index (κ1) is 8.25. The lowest BCUT2D eigenvalue weighted by Gasteiger charge is -2.02. The number of sulfonamides is 1. The molecule has 13 heavy (non-hydrogen) atoms. The van der Waals surface area contributed by atoms with Gasteiger partial charge >= 0.3 is 0 Å². The van der Waals surface area contributed by atoms with Crippen LogP contribution in [-0.4, -0.2) is 14.8 Å². The Labute approximate surface area is 76.4 Å². The molecule has 0 atom stereocenters. The molecule has 4 nitrogen and oxygen atoms in total. The second-order valence-electron chi connectivity index (χ2n) is 2.76. The highest BCUT2D eigenvalue weighted by atomic mass is 32.2. The van der Waals surface area contributed by atoms with E-state index in [1.165, 1.54) is 6.34 Å². The second kappa shape index (κ2) is 2.85. The average Bonchev–Trinajstić information content (AvgIpc) is 2.21. The van der Waals surface area contributed by atoms with E-state index in [0.29, 0.717) is 0 Å². The fourth-order valence-electron chi connectivity index (χ4n) is 1.20. The van der Waals surface area contributed by atoms with E-state index in [0.717, 1.165) is 11.3 Å². The minimum atomic E-state index is -3.33. The molecule has 68 valence electrons. The Balaban J connectivity index is 2.53. The van der Waals surface area contributed by atoms with Crippen LogP contribution < -0.4 is 5.32 Å². The minimum absolute atomic E-state index is 0.0350. The lowest BCUT2D eigenvalue weighted by atomic mass is 10.2. The lowest BCUT2D eigenvalue weighted by molar-refractivity contribution is 0.597. The molecule has 0 saturated carbocycles. The minimum Gasteiger partial charge on any atom is -0.345 e. The van der Waals surface area contributed by atoms with Gasteiger partial charge in [-0.25, -0.2) is 8.42 Å². The largest absolute Gasteiger partial charge is 0.345 e. The molecule has 0 unspecified atom stereocenters. The van der Waals surface area contributed by atoms with Crippen LogP contribution in [0.15, 0.2) is 28.7 Å². The molecule has 1 aromatic carbocycles. The van der Waals surface area contributed by atoms with Gasteiger partial charge in [-0.2, -0.15) is 4.40 Å². The molecule has 0 radical (unpaired) electrons. The number of benzene rings is 1. The first-order chi connectivity index (χ1) is 6.17. The summed E-state index contributed by atoms with van der Waals surface area (Å²) >= 11 is 0.